The monoisotopic (exact) mass is 265 g/mol. The van der Waals surface area contributed by atoms with E-state index in [9.17, 15) is 5.26 Å². The van der Waals surface area contributed by atoms with Crippen LogP contribution in [0.1, 0.15) is 46.0 Å². The van der Waals surface area contributed by atoms with Crippen molar-refractivity contribution in [3.05, 3.63) is 0 Å². The summed E-state index contributed by atoms with van der Waals surface area (Å²) in [5, 5.41) is 13.0. The molecule has 2 rings (SSSR count). The quantitative estimate of drug-likeness (QED) is 0.843. The number of nitrogens with zero attached hydrogens (tertiary/aromatic N) is 2. The van der Waals surface area contributed by atoms with Gasteiger partial charge >= 0.3 is 0 Å². The van der Waals surface area contributed by atoms with Gasteiger partial charge in [0.2, 0.25) is 0 Å². The van der Waals surface area contributed by atoms with Gasteiger partial charge in [-0.25, -0.2) is 0 Å². The topological polar surface area (TPSA) is 48.3 Å². The molecule has 108 valence electrons. The molecule has 1 N–H and O–H groups in total. The SMILES string of the molecule is COC1CCCN(C2CCC(C#N)(NC(C)C)C2)C1. The van der Waals surface area contributed by atoms with E-state index in [1.807, 2.05) is 7.11 Å². The van der Waals surface area contributed by atoms with E-state index in [4.69, 9.17) is 4.74 Å². The minimum absolute atomic E-state index is 0.307. The van der Waals surface area contributed by atoms with E-state index in [2.05, 4.69) is 30.1 Å². The lowest BCUT2D eigenvalue weighted by atomic mass is 9.97. The molecule has 1 saturated heterocycles. The Morgan fingerprint density at radius 3 is 2.84 bits per heavy atom. The molecule has 1 aliphatic heterocycles. The highest BCUT2D eigenvalue weighted by Gasteiger charge is 2.42. The molecule has 0 radical (unpaired) electrons. The van der Waals surface area contributed by atoms with Crippen molar-refractivity contribution in [2.24, 2.45) is 0 Å². The minimum Gasteiger partial charge on any atom is -0.380 e. The predicted molar refractivity (Wildman–Crippen MR) is 75.9 cm³/mol. The summed E-state index contributed by atoms with van der Waals surface area (Å²) in [5.74, 6) is 0. The van der Waals surface area contributed by atoms with Gasteiger partial charge in [0.25, 0.3) is 0 Å². The Labute approximate surface area is 117 Å². The number of ether oxygens (including phenoxy) is 1. The fourth-order valence-corrected chi connectivity index (χ4v) is 3.64. The Morgan fingerprint density at radius 2 is 2.21 bits per heavy atom. The van der Waals surface area contributed by atoms with Crippen molar-refractivity contribution in [3.63, 3.8) is 0 Å². The Morgan fingerprint density at radius 1 is 1.42 bits per heavy atom. The lowest BCUT2D eigenvalue weighted by Gasteiger charge is -2.36. The molecule has 3 atom stereocenters. The second-order valence-corrected chi connectivity index (χ2v) is 6.38. The van der Waals surface area contributed by atoms with E-state index in [1.165, 1.54) is 12.8 Å². The van der Waals surface area contributed by atoms with Crippen molar-refractivity contribution < 1.29 is 4.74 Å². The van der Waals surface area contributed by atoms with Gasteiger partial charge in [0, 0.05) is 25.7 Å². The number of hydrogen-bond donors (Lipinski definition) is 1. The highest BCUT2D eigenvalue weighted by atomic mass is 16.5. The van der Waals surface area contributed by atoms with Gasteiger partial charge in [-0.1, -0.05) is 0 Å². The molecule has 2 aliphatic rings. The number of hydrogen-bond acceptors (Lipinski definition) is 4. The van der Waals surface area contributed by atoms with Crippen LogP contribution in [0.25, 0.3) is 0 Å². The first-order chi connectivity index (χ1) is 9.08. The van der Waals surface area contributed by atoms with E-state index in [-0.39, 0.29) is 5.54 Å². The highest BCUT2D eigenvalue weighted by molar-refractivity contribution is 5.14. The van der Waals surface area contributed by atoms with Gasteiger partial charge in [-0.3, -0.25) is 10.2 Å². The van der Waals surface area contributed by atoms with Crippen LogP contribution in [-0.4, -0.2) is 48.8 Å². The maximum atomic E-state index is 9.52. The highest BCUT2D eigenvalue weighted by Crippen LogP contribution is 2.34. The van der Waals surface area contributed by atoms with Crippen LogP contribution in [0.2, 0.25) is 0 Å². The average Bonchev–Trinajstić information content (AvgIpc) is 2.83. The largest absolute Gasteiger partial charge is 0.380 e. The fourth-order valence-electron chi connectivity index (χ4n) is 3.64. The number of piperidine rings is 1. The van der Waals surface area contributed by atoms with Crippen molar-refractivity contribution in [3.8, 4) is 6.07 Å². The molecule has 0 aromatic rings. The summed E-state index contributed by atoms with van der Waals surface area (Å²) in [4.78, 5) is 2.54. The van der Waals surface area contributed by atoms with E-state index in [0.717, 1.165) is 32.4 Å². The summed E-state index contributed by atoms with van der Waals surface area (Å²) in [5.41, 5.74) is -0.307. The van der Waals surface area contributed by atoms with Gasteiger partial charge in [0.15, 0.2) is 0 Å². The number of nitrogens with one attached hydrogen (secondary N) is 1. The van der Waals surface area contributed by atoms with Crippen LogP contribution < -0.4 is 5.32 Å². The van der Waals surface area contributed by atoms with E-state index >= 15 is 0 Å². The van der Waals surface area contributed by atoms with Crippen LogP contribution in [0.4, 0.5) is 0 Å². The van der Waals surface area contributed by atoms with E-state index in [0.29, 0.717) is 18.2 Å². The minimum atomic E-state index is -0.307. The van der Waals surface area contributed by atoms with Gasteiger partial charge in [-0.15, -0.1) is 0 Å². The Hall–Kier alpha value is -0.630. The zero-order chi connectivity index (χ0) is 13.9. The van der Waals surface area contributed by atoms with Gasteiger partial charge in [-0.05, 0) is 52.5 Å². The second kappa shape index (κ2) is 6.21. The lowest BCUT2D eigenvalue weighted by Crippen LogP contribution is -2.49. The Balaban J connectivity index is 1.95. The van der Waals surface area contributed by atoms with Crippen LogP contribution >= 0.6 is 0 Å². The van der Waals surface area contributed by atoms with Crippen LogP contribution in [0, 0.1) is 11.3 Å². The third kappa shape index (κ3) is 3.47. The second-order valence-electron chi connectivity index (χ2n) is 6.38. The molecule has 19 heavy (non-hydrogen) atoms. The number of nitriles is 1. The molecule has 1 heterocycles. The summed E-state index contributed by atoms with van der Waals surface area (Å²) in [6.07, 6.45) is 5.82. The predicted octanol–water partition coefficient (Wildman–Crippen LogP) is 1.91. The number of methoxy groups -OCH3 is 1. The summed E-state index contributed by atoms with van der Waals surface area (Å²) >= 11 is 0. The Kier molecular flexibility index (Phi) is 4.83. The molecular formula is C15H27N3O. The molecule has 3 unspecified atom stereocenters. The lowest BCUT2D eigenvalue weighted by molar-refractivity contribution is 0.0147. The van der Waals surface area contributed by atoms with Crippen molar-refractivity contribution in [2.75, 3.05) is 20.2 Å². The van der Waals surface area contributed by atoms with Crippen LogP contribution in [-0.2, 0) is 4.74 Å². The molecule has 0 aromatic carbocycles. The van der Waals surface area contributed by atoms with Gasteiger partial charge in [-0.2, -0.15) is 5.26 Å². The first kappa shape index (κ1) is 14.8. The molecule has 0 aromatic heterocycles. The third-order valence-electron chi connectivity index (χ3n) is 4.53. The normalized spacial score (nSPS) is 36.6. The summed E-state index contributed by atoms with van der Waals surface area (Å²) < 4.78 is 5.50. The molecule has 4 nitrogen and oxygen atoms in total. The van der Waals surface area contributed by atoms with Crippen molar-refractivity contribution in [1.29, 1.82) is 5.26 Å². The maximum Gasteiger partial charge on any atom is 0.108 e. The fraction of sp³-hybridized carbons (Fsp3) is 0.933. The molecule has 2 fully saturated rings. The smallest absolute Gasteiger partial charge is 0.108 e. The summed E-state index contributed by atoms with van der Waals surface area (Å²) in [6, 6.07) is 3.45. The molecule has 1 saturated carbocycles. The summed E-state index contributed by atoms with van der Waals surface area (Å²) in [6.45, 7) is 6.43. The first-order valence-corrected chi connectivity index (χ1v) is 7.54. The molecule has 0 spiro atoms. The van der Waals surface area contributed by atoms with Gasteiger partial charge in [0.1, 0.15) is 5.54 Å². The van der Waals surface area contributed by atoms with E-state index < -0.39 is 0 Å². The third-order valence-corrected chi connectivity index (χ3v) is 4.53. The zero-order valence-electron chi connectivity index (χ0n) is 12.5. The molecule has 1 aliphatic carbocycles. The molecule has 0 bridgehead atoms. The van der Waals surface area contributed by atoms with Gasteiger partial charge < -0.3 is 4.74 Å². The average molecular weight is 265 g/mol. The van der Waals surface area contributed by atoms with Gasteiger partial charge in [0.05, 0.1) is 12.2 Å². The van der Waals surface area contributed by atoms with Crippen LogP contribution in [0.3, 0.4) is 0 Å². The molecule has 0 amide bonds. The summed E-state index contributed by atoms with van der Waals surface area (Å²) in [7, 11) is 1.81. The van der Waals surface area contributed by atoms with Crippen molar-refractivity contribution in [2.45, 2.75) is 69.7 Å². The van der Waals surface area contributed by atoms with Crippen molar-refractivity contribution >= 4 is 0 Å². The number of likely N-dealkylation sites (tertiary alicyclic amines) is 1. The zero-order valence-corrected chi connectivity index (χ0v) is 12.5. The van der Waals surface area contributed by atoms with Crippen molar-refractivity contribution in [1.82, 2.24) is 10.2 Å². The van der Waals surface area contributed by atoms with E-state index in [1.54, 1.807) is 0 Å². The first-order valence-electron chi connectivity index (χ1n) is 7.54. The molecular weight excluding hydrogens is 238 g/mol. The van der Waals surface area contributed by atoms with Crippen LogP contribution in [0.15, 0.2) is 0 Å². The maximum absolute atomic E-state index is 9.52. The van der Waals surface area contributed by atoms with Crippen LogP contribution in [0.5, 0.6) is 0 Å². The molecule has 4 heteroatoms. The number of rotatable bonds is 4. The Bertz CT molecular complexity index is 339. The standard InChI is InChI=1S/C15H27N3O/c1-12(2)17-15(11-16)7-6-13(9-15)18-8-4-5-14(10-18)19-3/h12-14,17H,4-10H2,1-3H3.